The number of aliphatic hydroxyl groups is 1. The van der Waals surface area contributed by atoms with Crippen LogP contribution in [0, 0.1) is 12.3 Å². The molecule has 0 bridgehead atoms. The maximum Gasteiger partial charge on any atom is 0.230 e. The Kier molecular flexibility index (Phi) is 4.86. The molecule has 1 aromatic heterocycles. The molecule has 2 saturated heterocycles. The summed E-state index contributed by atoms with van der Waals surface area (Å²) in [6, 6.07) is 2.26. The summed E-state index contributed by atoms with van der Waals surface area (Å²) in [4.78, 5) is 22.3. The van der Waals surface area contributed by atoms with Crippen molar-refractivity contribution in [3.05, 3.63) is 22.8 Å². The normalized spacial score (nSPS) is 32.5. The zero-order chi connectivity index (χ0) is 18.3. The van der Waals surface area contributed by atoms with Gasteiger partial charge in [0.25, 0.3) is 0 Å². The van der Waals surface area contributed by atoms with Gasteiger partial charge in [-0.25, -0.2) is 4.98 Å². The highest BCUT2D eigenvalue weighted by Crippen LogP contribution is 2.43. The van der Waals surface area contributed by atoms with Crippen molar-refractivity contribution >= 4 is 23.3 Å². The van der Waals surface area contributed by atoms with Crippen molar-refractivity contribution in [2.45, 2.75) is 64.0 Å². The molecule has 2 aliphatic heterocycles. The van der Waals surface area contributed by atoms with E-state index in [-0.39, 0.29) is 11.5 Å². The lowest BCUT2D eigenvalue weighted by Crippen LogP contribution is -2.50. The summed E-state index contributed by atoms with van der Waals surface area (Å²) >= 11 is 6.06. The first-order valence-corrected chi connectivity index (χ1v) is 10.2. The lowest BCUT2D eigenvalue weighted by molar-refractivity contribution is -0.139. The van der Waals surface area contributed by atoms with Gasteiger partial charge in [0.15, 0.2) is 0 Å². The lowest BCUT2D eigenvalue weighted by Gasteiger charge is -2.41. The number of hydrogen-bond donors (Lipinski definition) is 1. The molecule has 142 valence electrons. The summed E-state index contributed by atoms with van der Waals surface area (Å²) < 4.78 is 0. The average molecular weight is 378 g/mol. The van der Waals surface area contributed by atoms with Gasteiger partial charge < -0.3 is 14.9 Å². The van der Waals surface area contributed by atoms with E-state index in [0.717, 1.165) is 76.0 Å². The molecule has 3 heterocycles. The van der Waals surface area contributed by atoms with Gasteiger partial charge in [0.2, 0.25) is 5.91 Å². The summed E-state index contributed by atoms with van der Waals surface area (Å²) in [5.41, 5.74) is 0.806. The molecule has 6 heteroatoms. The van der Waals surface area contributed by atoms with E-state index in [4.69, 9.17) is 11.6 Å². The van der Waals surface area contributed by atoms with Crippen LogP contribution in [0.3, 0.4) is 0 Å². The van der Waals surface area contributed by atoms with Crippen LogP contribution in [0.15, 0.2) is 12.3 Å². The molecule has 0 radical (unpaired) electrons. The van der Waals surface area contributed by atoms with E-state index in [9.17, 15) is 9.90 Å². The van der Waals surface area contributed by atoms with Crippen LogP contribution in [-0.2, 0) is 4.79 Å². The second-order valence-corrected chi connectivity index (χ2v) is 8.75. The fourth-order valence-corrected chi connectivity index (χ4v) is 5.33. The monoisotopic (exact) mass is 377 g/mol. The molecule has 3 aliphatic rings. The third kappa shape index (κ3) is 3.20. The lowest BCUT2D eigenvalue weighted by atomic mass is 9.78. The number of likely N-dealkylation sites (tertiary alicyclic amines) is 1. The summed E-state index contributed by atoms with van der Waals surface area (Å²) in [6.07, 6.45) is 7.96. The minimum absolute atomic E-state index is 0.179. The molecule has 5 nitrogen and oxygen atoms in total. The number of aryl methyl sites for hydroxylation is 1. The van der Waals surface area contributed by atoms with Crippen LogP contribution >= 0.6 is 11.6 Å². The van der Waals surface area contributed by atoms with E-state index in [1.54, 1.807) is 6.20 Å². The van der Waals surface area contributed by atoms with Crippen molar-refractivity contribution in [1.82, 2.24) is 9.88 Å². The molecule has 1 unspecified atom stereocenters. The molecule has 26 heavy (non-hydrogen) atoms. The Balaban J connectivity index is 1.50. The van der Waals surface area contributed by atoms with Crippen LogP contribution in [0.2, 0.25) is 5.02 Å². The van der Waals surface area contributed by atoms with Gasteiger partial charge in [0.1, 0.15) is 5.82 Å². The number of carbonyl (C=O) groups excluding carboxylic acids is 1. The number of hydrogen-bond acceptors (Lipinski definition) is 4. The van der Waals surface area contributed by atoms with Gasteiger partial charge in [-0.3, -0.25) is 4.79 Å². The smallest absolute Gasteiger partial charge is 0.230 e. The van der Waals surface area contributed by atoms with Crippen LogP contribution in [0.5, 0.6) is 0 Å². The van der Waals surface area contributed by atoms with Gasteiger partial charge in [-0.1, -0.05) is 11.6 Å². The van der Waals surface area contributed by atoms with Gasteiger partial charge in [-0.15, -0.1) is 0 Å². The van der Waals surface area contributed by atoms with E-state index in [2.05, 4.69) is 14.8 Å². The first-order chi connectivity index (χ1) is 12.5. The Bertz CT molecular complexity index is 690. The number of nitrogens with zero attached hydrogens (tertiary/aromatic N) is 3. The molecule has 1 spiro atoms. The standard InChI is InChI=1S/C20H28ClN3O2/c1-14-11-15(21)12-22-18(14)23-9-2-7-20(13-23)8-10-24(19(20)26)16-3-5-17(25)6-4-16/h11-12,16-17,25H,2-10,13H2,1H3. The maximum absolute atomic E-state index is 13.4. The van der Waals surface area contributed by atoms with Crippen molar-refractivity contribution < 1.29 is 9.90 Å². The number of amides is 1. The highest BCUT2D eigenvalue weighted by Gasteiger charge is 2.50. The van der Waals surface area contributed by atoms with Gasteiger partial charge >= 0.3 is 0 Å². The average Bonchev–Trinajstić information content (AvgIpc) is 2.92. The minimum atomic E-state index is -0.262. The predicted molar refractivity (Wildman–Crippen MR) is 102 cm³/mol. The number of carbonyl (C=O) groups is 1. The Morgan fingerprint density at radius 2 is 2.00 bits per heavy atom. The highest BCUT2D eigenvalue weighted by molar-refractivity contribution is 6.30. The molecule has 1 aliphatic carbocycles. The topological polar surface area (TPSA) is 56.7 Å². The number of aliphatic hydroxyl groups excluding tert-OH is 1. The first kappa shape index (κ1) is 18.1. The third-order valence-electron chi connectivity index (χ3n) is 6.55. The molecular weight excluding hydrogens is 350 g/mol. The second kappa shape index (κ2) is 7.01. The van der Waals surface area contributed by atoms with Gasteiger partial charge in [0.05, 0.1) is 16.5 Å². The summed E-state index contributed by atoms with van der Waals surface area (Å²) in [5, 5.41) is 10.4. The highest BCUT2D eigenvalue weighted by atomic mass is 35.5. The molecule has 1 aromatic rings. The number of rotatable bonds is 2. The molecule has 1 saturated carbocycles. The number of aromatic nitrogens is 1. The number of halogens is 1. The van der Waals surface area contributed by atoms with E-state index in [1.807, 2.05) is 13.0 Å². The summed E-state index contributed by atoms with van der Waals surface area (Å²) in [6.45, 7) is 4.60. The Labute approximate surface area is 160 Å². The van der Waals surface area contributed by atoms with Crippen LogP contribution in [0.1, 0.15) is 50.5 Å². The molecule has 1 N–H and O–H groups in total. The quantitative estimate of drug-likeness (QED) is 0.860. The molecule has 3 fully saturated rings. The van der Waals surface area contributed by atoms with Crippen LogP contribution in [0.4, 0.5) is 5.82 Å². The molecular formula is C20H28ClN3O2. The minimum Gasteiger partial charge on any atom is -0.393 e. The molecule has 4 rings (SSSR count). The Morgan fingerprint density at radius 1 is 1.23 bits per heavy atom. The molecule has 1 amide bonds. The SMILES string of the molecule is Cc1cc(Cl)cnc1N1CCCC2(CCN(C3CCC(O)CC3)C2=O)C1. The second-order valence-electron chi connectivity index (χ2n) is 8.31. The van der Waals surface area contributed by atoms with E-state index in [1.165, 1.54) is 0 Å². The van der Waals surface area contributed by atoms with Crippen LogP contribution in [0.25, 0.3) is 0 Å². The van der Waals surface area contributed by atoms with Gasteiger partial charge in [-0.2, -0.15) is 0 Å². The first-order valence-electron chi connectivity index (χ1n) is 9.85. The van der Waals surface area contributed by atoms with E-state index >= 15 is 0 Å². The van der Waals surface area contributed by atoms with Crippen LogP contribution < -0.4 is 4.90 Å². The van der Waals surface area contributed by atoms with Crippen molar-refractivity contribution in [2.75, 3.05) is 24.5 Å². The maximum atomic E-state index is 13.4. The van der Waals surface area contributed by atoms with Crippen molar-refractivity contribution in [3.63, 3.8) is 0 Å². The van der Waals surface area contributed by atoms with Gasteiger partial charge in [-0.05, 0) is 63.5 Å². The zero-order valence-corrected chi connectivity index (χ0v) is 16.2. The largest absolute Gasteiger partial charge is 0.393 e. The van der Waals surface area contributed by atoms with Crippen molar-refractivity contribution in [2.24, 2.45) is 5.41 Å². The molecule has 0 aromatic carbocycles. The van der Waals surface area contributed by atoms with Crippen LogP contribution in [-0.4, -0.2) is 52.7 Å². The fourth-order valence-electron chi connectivity index (χ4n) is 5.12. The van der Waals surface area contributed by atoms with Crippen molar-refractivity contribution in [3.8, 4) is 0 Å². The summed E-state index contributed by atoms with van der Waals surface area (Å²) in [7, 11) is 0. The number of pyridine rings is 1. The fraction of sp³-hybridized carbons (Fsp3) is 0.700. The number of anilines is 1. The molecule has 1 atom stereocenters. The summed E-state index contributed by atoms with van der Waals surface area (Å²) in [5.74, 6) is 1.29. The van der Waals surface area contributed by atoms with Crippen molar-refractivity contribution in [1.29, 1.82) is 0 Å². The zero-order valence-electron chi connectivity index (χ0n) is 15.5. The van der Waals surface area contributed by atoms with Gasteiger partial charge in [0, 0.05) is 31.9 Å². The van der Waals surface area contributed by atoms with E-state index < -0.39 is 0 Å². The predicted octanol–water partition coefficient (Wildman–Crippen LogP) is 3.17. The van der Waals surface area contributed by atoms with E-state index in [0.29, 0.717) is 17.0 Å². The third-order valence-corrected chi connectivity index (χ3v) is 6.75. The Morgan fingerprint density at radius 3 is 2.73 bits per heavy atom. The Hall–Kier alpha value is -1.33. The number of piperidine rings is 1.